The van der Waals surface area contributed by atoms with E-state index in [1.165, 1.54) is 6.07 Å². The van der Waals surface area contributed by atoms with E-state index in [0.717, 1.165) is 5.56 Å². The summed E-state index contributed by atoms with van der Waals surface area (Å²) < 4.78 is 5.39. The van der Waals surface area contributed by atoms with Crippen molar-refractivity contribution in [3.05, 3.63) is 71.5 Å². The van der Waals surface area contributed by atoms with Gasteiger partial charge >= 0.3 is 13.1 Å². The number of carboxylic acids is 1. The lowest BCUT2D eigenvalue weighted by molar-refractivity contribution is 0.0693. The first kappa shape index (κ1) is 17.8. The van der Waals surface area contributed by atoms with Crippen molar-refractivity contribution in [1.29, 1.82) is 0 Å². The molecule has 3 aromatic rings. The van der Waals surface area contributed by atoms with Crippen LogP contribution in [0.1, 0.15) is 26.3 Å². The van der Waals surface area contributed by atoms with Gasteiger partial charge in [-0.15, -0.1) is 0 Å². The average Bonchev–Trinajstić information content (AvgIpc) is 3.23. The van der Waals surface area contributed by atoms with E-state index in [4.69, 9.17) is 4.65 Å². The van der Waals surface area contributed by atoms with Gasteiger partial charge in [0, 0.05) is 23.5 Å². The SMILES string of the molecule is O=C(N[C@H]1Cc2cccc(C(=O)O)c2OB1O)c1ccc(-c2ncc[nH]2)cc1. The van der Waals surface area contributed by atoms with Gasteiger partial charge in [-0.1, -0.05) is 24.3 Å². The number of carboxylic acid groups (broad SMARTS) is 1. The standard InChI is InChI=1S/C19H16BN3O5/c24-18(12-6-4-11(5-7-12)17-21-8-9-22-17)23-15-10-13-2-1-3-14(19(25)26)16(13)28-20(15)27/h1-9,15,27H,10H2,(H,21,22)(H,23,24)(H,25,26)/t15-/m0/s1. The minimum atomic E-state index is -1.35. The molecule has 9 heteroatoms. The van der Waals surface area contributed by atoms with Gasteiger partial charge in [0.05, 0.1) is 11.5 Å². The molecule has 0 bridgehead atoms. The third kappa shape index (κ3) is 3.35. The van der Waals surface area contributed by atoms with Crippen LogP contribution in [-0.4, -0.2) is 45.0 Å². The fraction of sp³-hybridized carbons (Fsp3) is 0.105. The van der Waals surface area contributed by atoms with E-state index in [2.05, 4.69) is 15.3 Å². The third-order valence-corrected chi connectivity index (χ3v) is 4.58. The van der Waals surface area contributed by atoms with Crippen LogP contribution in [0.2, 0.25) is 0 Å². The van der Waals surface area contributed by atoms with Crippen LogP contribution in [-0.2, 0) is 6.42 Å². The number of hydrogen-bond acceptors (Lipinski definition) is 5. The largest absolute Gasteiger partial charge is 0.547 e. The Balaban J connectivity index is 1.49. The number of nitrogens with one attached hydrogen (secondary N) is 2. The minimum absolute atomic E-state index is 0.0187. The van der Waals surface area contributed by atoms with Gasteiger partial charge in [0.15, 0.2) is 0 Å². The van der Waals surface area contributed by atoms with Crippen molar-refractivity contribution in [2.24, 2.45) is 0 Å². The van der Waals surface area contributed by atoms with E-state index in [1.54, 1.807) is 48.8 Å². The van der Waals surface area contributed by atoms with Crippen LogP contribution in [0.3, 0.4) is 0 Å². The topological polar surface area (TPSA) is 125 Å². The Bertz CT molecular complexity index is 1020. The molecule has 0 spiro atoms. The molecule has 1 aromatic heterocycles. The molecule has 0 saturated heterocycles. The summed E-state index contributed by atoms with van der Waals surface area (Å²) >= 11 is 0. The number of aromatic nitrogens is 2. The molecule has 0 saturated carbocycles. The molecular formula is C19H16BN3O5. The van der Waals surface area contributed by atoms with E-state index in [-0.39, 0.29) is 23.6 Å². The van der Waals surface area contributed by atoms with Crippen molar-refractivity contribution in [3.63, 3.8) is 0 Å². The minimum Gasteiger partial charge on any atom is -0.534 e. The van der Waals surface area contributed by atoms with Crippen LogP contribution < -0.4 is 9.97 Å². The molecule has 1 atom stereocenters. The van der Waals surface area contributed by atoms with Crippen LogP contribution >= 0.6 is 0 Å². The lowest BCUT2D eigenvalue weighted by atomic mass is 9.72. The van der Waals surface area contributed by atoms with Crippen LogP contribution in [0.4, 0.5) is 0 Å². The highest BCUT2D eigenvalue weighted by Crippen LogP contribution is 2.30. The zero-order chi connectivity index (χ0) is 19.7. The van der Waals surface area contributed by atoms with E-state index in [0.29, 0.717) is 17.0 Å². The Kier molecular flexibility index (Phi) is 4.58. The number of benzene rings is 2. The van der Waals surface area contributed by atoms with Crippen LogP contribution in [0.15, 0.2) is 54.9 Å². The zero-order valence-corrected chi connectivity index (χ0v) is 14.6. The number of hydrogen-bond donors (Lipinski definition) is 4. The smallest absolute Gasteiger partial charge is 0.534 e. The van der Waals surface area contributed by atoms with Gasteiger partial charge in [0.25, 0.3) is 5.91 Å². The van der Waals surface area contributed by atoms with Gasteiger partial charge in [-0.05, 0) is 30.2 Å². The second-order valence-electron chi connectivity index (χ2n) is 6.41. The molecule has 8 nitrogen and oxygen atoms in total. The van der Waals surface area contributed by atoms with E-state index >= 15 is 0 Å². The number of carbonyl (C=O) groups is 2. The summed E-state index contributed by atoms with van der Waals surface area (Å²) in [5.41, 5.74) is 1.86. The quantitative estimate of drug-likeness (QED) is 0.511. The van der Waals surface area contributed by atoms with E-state index in [9.17, 15) is 19.7 Å². The maximum absolute atomic E-state index is 12.5. The number of rotatable bonds is 4. The van der Waals surface area contributed by atoms with Gasteiger partial charge in [0.2, 0.25) is 0 Å². The first-order valence-corrected chi connectivity index (χ1v) is 8.63. The van der Waals surface area contributed by atoms with Gasteiger partial charge in [-0.3, -0.25) is 4.79 Å². The van der Waals surface area contributed by atoms with Gasteiger partial charge < -0.3 is 25.1 Å². The Morgan fingerprint density at radius 2 is 2.00 bits per heavy atom. The van der Waals surface area contributed by atoms with Crippen molar-refractivity contribution in [1.82, 2.24) is 15.3 Å². The van der Waals surface area contributed by atoms with E-state index in [1.807, 2.05) is 0 Å². The van der Waals surface area contributed by atoms with Crippen molar-refractivity contribution in [2.45, 2.75) is 12.4 Å². The van der Waals surface area contributed by atoms with E-state index < -0.39 is 19.0 Å². The third-order valence-electron chi connectivity index (χ3n) is 4.58. The predicted molar refractivity (Wildman–Crippen MR) is 101 cm³/mol. The molecule has 2 heterocycles. The number of H-pyrrole nitrogens is 1. The van der Waals surface area contributed by atoms with Gasteiger partial charge in [0.1, 0.15) is 11.6 Å². The molecule has 4 rings (SSSR count). The molecule has 4 N–H and O–H groups in total. The highest BCUT2D eigenvalue weighted by molar-refractivity contribution is 6.47. The maximum Gasteiger partial charge on any atom is 0.547 e. The molecule has 0 radical (unpaired) electrons. The molecule has 1 aliphatic rings. The van der Waals surface area contributed by atoms with Crippen LogP contribution in [0.5, 0.6) is 5.75 Å². The lowest BCUT2D eigenvalue weighted by Crippen LogP contribution is -2.53. The molecule has 28 heavy (non-hydrogen) atoms. The Hall–Kier alpha value is -3.59. The summed E-state index contributed by atoms with van der Waals surface area (Å²) in [6.07, 6.45) is 3.62. The van der Waals surface area contributed by atoms with Crippen molar-refractivity contribution >= 4 is 19.0 Å². The molecular weight excluding hydrogens is 361 g/mol. The van der Waals surface area contributed by atoms with Crippen molar-refractivity contribution in [3.8, 4) is 17.1 Å². The number of carbonyl (C=O) groups excluding carboxylic acids is 1. The molecule has 1 amide bonds. The number of imidazole rings is 1. The number of nitrogens with zero attached hydrogens (tertiary/aromatic N) is 1. The number of para-hydroxylation sites is 1. The number of aromatic amines is 1. The normalized spacial score (nSPS) is 15.5. The summed E-state index contributed by atoms with van der Waals surface area (Å²) in [4.78, 5) is 31.0. The average molecular weight is 377 g/mol. The summed E-state index contributed by atoms with van der Waals surface area (Å²) in [7, 11) is -1.35. The molecule has 2 aromatic carbocycles. The van der Waals surface area contributed by atoms with Gasteiger partial charge in [-0.2, -0.15) is 0 Å². The highest BCUT2D eigenvalue weighted by atomic mass is 16.5. The lowest BCUT2D eigenvalue weighted by Gasteiger charge is -2.28. The molecule has 140 valence electrons. The Morgan fingerprint density at radius 1 is 1.21 bits per heavy atom. The number of fused-ring (bicyclic) bond motifs is 1. The van der Waals surface area contributed by atoms with Crippen LogP contribution in [0.25, 0.3) is 11.4 Å². The predicted octanol–water partition coefficient (Wildman–Crippen LogP) is 1.53. The first-order chi connectivity index (χ1) is 13.5. The monoisotopic (exact) mass is 377 g/mol. The summed E-state index contributed by atoms with van der Waals surface area (Å²) in [5, 5.41) is 22.2. The number of aromatic carboxylic acids is 1. The van der Waals surface area contributed by atoms with Crippen molar-refractivity contribution in [2.75, 3.05) is 0 Å². The number of amides is 1. The zero-order valence-electron chi connectivity index (χ0n) is 14.6. The summed E-state index contributed by atoms with van der Waals surface area (Å²) in [6.45, 7) is 0. The fourth-order valence-corrected chi connectivity index (χ4v) is 3.17. The van der Waals surface area contributed by atoms with Crippen LogP contribution in [0, 0.1) is 0 Å². The fourth-order valence-electron chi connectivity index (χ4n) is 3.17. The molecule has 0 unspecified atom stereocenters. The first-order valence-electron chi connectivity index (χ1n) is 8.63. The second kappa shape index (κ2) is 7.20. The summed E-state index contributed by atoms with van der Waals surface area (Å²) in [6, 6.07) is 11.6. The molecule has 0 fully saturated rings. The molecule has 0 aliphatic carbocycles. The van der Waals surface area contributed by atoms with Crippen molar-refractivity contribution < 1.29 is 24.4 Å². The summed E-state index contributed by atoms with van der Waals surface area (Å²) in [5.74, 6) is -1.36. The van der Waals surface area contributed by atoms with Gasteiger partial charge in [-0.25, -0.2) is 9.78 Å². The molecule has 1 aliphatic heterocycles. The highest BCUT2D eigenvalue weighted by Gasteiger charge is 2.37. The maximum atomic E-state index is 12.5. The Morgan fingerprint density at radius 3 is 2.68 bits per heavy atom. The second-order valence-corrected chi connectivity index (χ2v) is 6.41. The Labute approximate surface area is 160 Å².